The molecule has 0 fully saturated rings. The van der Waals surface area contributed by atoms with Crippen molar-refractivity contribution in [2.24, 2.45) is 0 Å². The smallest absolute Gasteiger partial charge is 0.330 e. The maximum atomic E-state index is 11.1. The molecule has 4 nitrogen and oxygen atoms in total. The lowest BCUT2D eigenvalue weighted by Gasteiger charge is -2.24. The van der Waals surface area contributed by atoms with Gasteiger partial charge in [0.15, 0.2) is 0 Å². The first-order valence-corrected chi connectivity index (χ1v) is 5.61. The molecule has 4 heteroatoms. The Balaban J connectivity index is 4.27. The minimum atomic E-state index is -0.617. The Morgan fingerprint density at radius 3 is 2.22 bits per heavy atom. The zero-order valence-corrected chi connectivity index (χ0v) is 11.2. The van der Waals surface area contributed by atoms with Gasteiger partial charge in [-0.2, -0.15) is 0 Å². The minimum Gasteiger partial charge on any atom is -0.458 e. The Morgan fingerprint density at radius 1 is 1.17 bits per heavy atom. The van der Waals surface area contributed by atoms with Crippen molar-refractivity contribution in [1.82, 2.24) is 0 Å². The van der Waals surface area contributed by atoms with Gasteiger partial charge in [-0.3, -0.25) is 0 Å². The van der Waals surface area contributed by atoms with Crippen LogP contribution in [-0.2, 0) is 19.1 Å². The summed E-state index contributed by atoms with van der Waals surface area (Å²) in [6.07, 6.45) is 4.56. The largest absolute Gasteiger partial charge is 0.458 e. The van der Waals surface area contributed by atoms with Crippen molar-refractivity contribution in [1.29, 1.82) is 0 Å². The van der Waals surface area contributed by atoms with Gasteiger partial charge >= 0.3 is 11.9 Å². The molecule has 0 aliphatic carbocycles. The molecule has 0 aliphatic heterocycles. The van der Waals surface area contributed by atoms with E-state index >= 15 is 0 Å². The van der Waals surface area contributed by atoms with Gasteiger partial charge < -0.3 is 9.47 Å². The Morgan fingerprint density at radius 2 is 1.72 bits per heavy atom. The van der Waals surface area contributed by atoms with E-state index in [0.717, 1.165) is 17.7 Å². The van der Waals surface area contributed by atoms with Crippen molar-refractivity contribution < 1.29 is 19.1 Å². The van der Waals surface area contributed by atoms with Crippen LogP contribution in [0.4, 0.5) is 0 Å². The van der Waals surface area contributed by atoms with Crippen molar-refractivity contribution in [3.05, 3.63) is 37.0 Å². The van der Waals surface area contributed by atoms with Crippen LogP contribution in [0.1, 0.15) is 27.2 Å². The van der Waals surface area contributed by atoms with Gasteiger partial charge in [0, 0.05) is 18.6 Å². The van der Waals surface area contributed by atoms with Crippen LogP contribution >= 0.6 is 0 Å². The van der Waals surface area contributed by atoms with E-state index in [1.165, 1.54) is 0 Å². The molecule has 0 atom stereocenters. The highest BCUT2D eigenvalue weighted by Gasteiger charge is 2.21. The lowest BCUT2D eigenvalue weighted by molar-refractivity contribution is -0.149. The van der Waals surface area contributed by atoms with Crippen molar-refractivity contribution in [3.8, 4) is 0 Å². The molecule has 0 unspecified atom stereocenters. The summed E-state index contributed by atoms with van der Waals surface area (Å²) in [6, 6.07) is 0. The zero-order valence-electron chi connectivity index (χ0n) is 11.2. The number of hydrogen-bond donors (Lipinski definition) is 0. The number of hydrogen-bond acceptors (Lipinski definition) is 4. The van der Waals surface area contributed by atoms with Gasteiger partial charge in [0.05, 0.1) is 0 Å². The molecule has 0 aliphatic rings. The first kappa shape index (κ1) is 16.2. The minimum absolute atomic E-state index is 0.183. The lowest BCUT2D eigenvalue weighted by atomic mass is 9.99. The molecule has 100 valence electrons. The molecule has 0 saturated carbocycles. The highest BCUT2D eigenvalue weighted by Crippen LogP contribution is 2.20. The Hall–Kier alpha value is -1.84. The van der Waals surface area contributed by atoms with Crippen LogP contribution in [-0.4, -0.2) is 24.1 Å². The standard InChI is InChI=1S/C14H20O4/c1-6-12(15)17-9-8-11(3)10-14(4,5)18-13(16)7-2/h6-8H,1-2,9-10H2,3-5H3. The van der Waals surface area contributed by atoms with E-state index < -0.39 is 17.5 Å². The quantitative estimate of drug-likeness (QED) is 0.397. The van der Waals surface area contributed by atoms with Crippen LogP contribution in [0.3, 0.4) is 0 Å². The number of ether oxygens (including phenoxy) is 2. The first-order chi connectivity index (χ1) is 8.30. The maximum absolute atomic E-state index is 11.1. The molecule has 0 aromatic carbocycles. The van der Waals surface area contributed by atoms with Gasteiger partial charge in [-0.25, -0.2) is 9.59 Å². The van der Waals surface area contributed by atoms with Gasteiger partial charge in [0.2, 0.25) is 0 Å². The summed E-state index contributed by atoms with van der Waals surface area (Å²) in [5.41, 5.74) is 0.350. The SMILES string of the molecule is C=CC(=O)OCC=C(C)CC(C)(C)OC(=O)C=C. The van der Waals surface area contributed by atoms with Crippen LogP contribution in [0, 0.1) is 0 Å². The molecule has 0 rings (SSSR count). The van der Waals surface area contributed by atoms with E-state index in [9.17, 15) is 9.59 Å². The number of rotatable bonds is 7. The van der Waals surface area contributed by atoms with Crippen molar-refractivity contribution in [2.75, 3.05) is 6.61 Å². The average molecular weight is 252 g/mol. The van der Waals surface area contributed by atoms with Crippen molar-refractivity contribution >= 4 is 11.9 Å². The molecule has 0 heterocycles. The summed E-state index contributed by atoms with van der Waals surface area (Å²) in [7, 11) is 0. The van der Waals surface area contributed by atoms with Gasteiger partial charge in [-0.1, -0.05) is 18.7 Å². The van der Waals surface area contributed by atoms with E-state index in [1.54, 1.807) is 6.08 Å². The summed E-state index contributed by atoms with van der Waals surface area (Å²) in [6.45, 7) is 12.3. The van der Waals surface area contributed by atoms with Gasteiger partial charge in [0.25, 0.3) is 0 Å². The molecule has 0 radical (unpaired) electrons. The molecular weight excluding hydrogens is 232 g/mol. The van der Waals surface area contributed by atoms with Gasteiger partial charge in [0.1, 0.15) is 12.2 Å². The molecule has 0 aromatic rings. The number of carbonyl (C=O) groups excluding carboxylic acids is 2. The van der Waals surface area contributed by atoms with Crippen LogP contribution in [0.15, 0.2) is 37.0 Å². The van der Waals surface area contributed by atoms with Crippen LogP contribution in [0.5, 0.6) is 0 Å². The Kier molecular flexibility index (Phi) is 6.71. The highest BCUT2D eigenvalue weighted by molar-refractivity contribution is 5.81. The summed E-state index contributed by atoms with van der Waals surface area (Å²) >= 11 is 0. The second-order valence-corrected chi connectivity index (χ2v) is 4.45. The molecule has 18 heavy (non-hydrogen) atoms. The van der Waals surface area contributed by atoms with Crippen LogP contribution < -0.4 is 0 Å². The molecule has 0 bridgehead atoms. The maximum Gasteiger partial charge on any atom is 0.330 e. The van der Waals surface area contributed by atoms with E-state index in [2.05, 4.69) is 13.2 Å². The normalized spacial score (nSPS) is 11.6. The van der Waals surface area contributed by atoms with Crippen molar-refractivity contribution in [2.45, 2.75) is 32.8 Å². The summed E-state index contributed by atoms with van der Waals surface area (Å²) < 4.78 is 10.0. The monoisotopic (exact) mass is 252 g/mol. The summed E-state index contributed by atoms with van der Waals surface area (Å²) in [4.78, 5) is 21.9. The van der Waals surface area contributed by atoms with Crippen LogP contribution in [0.2, 0.25) is 0 Å². The topological polar surface area (TPSA) is 52.6 Å². The van der Waals surface area contributed by atoms with E-state index in [0.29, 0.717) is 6.42 Å². The van der Waals surface area contributed by atoms with E-state index in [-0.39, 0.29) is 6.61 Å². The predicted molar refractivity (Wildman–Crippen MR) is 69.9 cm³/mol. The fourth-order valence-corrected chi connectivity index (χ4v) is 1.42. The molecule has 0 saturated heterocycles. The lowest BCUT2D eigenvalue weighted by Crippen LogP contribution is -2.27. The van der Waals surface area contributed by atoms with Crippen LogP contribution in [0.25, 0.3) is 0 Å². The van der Waals surface area contributed by atoms with E-state index in [1.807, 2.05) is 20.8 Å². The third-order valence-electron chi connectivity index (χ3n) is 2.07. The van der Waals surface area contributed by atoms with Crippen molar-refractivity contribution in [3.63, 3.8) is 0 Å². The van der Waals surface area contributed by atoms with Gasteiger partial charge in [-0.05, 0) is 26.8 Å². The molecule has 0 aromatic heterocycles. The fraction of sp³-hybridized carbons (Fsp3) is 0.429. The second kappa shape index (κ2) is 7.48. The van der Waals surface area contributed by atoms with Gasteiger partial charge in [-0.15, -0.1) is 0 Å². The summed E-state index contributed by atoms with van der Waals surface area (Å²) in [5, 5.41) is 0. The fourth-order valence-electron chi connectivity index (χ4n) is 1.42. The summed E-state index contributed by atoms with van der Waals surface area (Å²) in [5.74, 6) is -0.915. The molecule has 0 amide bonds. The zero-order chi connectivity index (χ0) is 14.2. The third kappa shape index (κ3) is 7.44. The second-order valence-electron chi connectivity index (χ2n) is 4.45. The Bertz CT molecular complexity index is 364. The first-order valence-electron chi connectivity index (χ1n) is 5.61. The molecule has 0 N–H and O–H groups in total. The average Bonchev–Trinajstić information content (AvgIpc) is 2.27. The molecular formula is C14H20O4. The predicted octanol–water partition coefficient (Wildman–Crippen LogP) is 2.56. The number of carbonyl (C=O) groups is 2. The third-order valence-corrected chi connectivity index (χ3v) is 2.07. The Labute approximate surface area is 108 Å². The number of esters is 2. The van der Waals surface area contributed by atoms with E-state index in [4.69, 9.17) is 9.47 Å². The molecule has 0 spiro atoms. The highest BCUT2D eigenvalue weighted by atomic mass is 16.6.